The Kier molecular flexibility index (Phi) is 4.43. The fourth-order valence-corrected chi connectivity index (χ4v) is 0.585. The first kappa shape index (κ1) is 10.1. The number of para-hydroxylation sites is 1. The molecule has 0 unspecified atom stereocenters. The van der Waals surface area contributed by atoms with Crippen molar-refractivity contribution < 1.29 is 33.5 Å². The van der Waals surface area contributed by atoms with E-state index >= 15 is 0 Å². The van der Waals surface area contributed by atoms with E-state index in [1.165, 1.54) is 12.1 Å². The largest absolute Gasteiger partial charge is 1.00 e. The quantitative estimate of drug-likeness (QED) is 0.247. The number of benzene rings is 1. The Labute approximate surface area is 76.2 Å². The van der Waals surface area contributed by atoms with Crippen molar-refractivity contribution in [3.63, 3.8) is 0 Å². The summed E-state index contributed by atoms with van der Waals surface area (Å²) >= 11 is 0. The van der Waals surface area contributed by atoms with Gasteiger partial charge in [0.15, 0.2) is 0 Å². The van der Waals surface area contributed by atoms with Crippen molar-refractivity contribution in [3.8, 4) is 5.75 Å². The van der Waals surface area contributed by atoms with Crippen LogP contribution in [0.5, 0.6) is 5.75 Å². The predicted molar refractivity (Wildman–Crippen MR) is 32.5 cm³/mol. The molecule has 0 radical (unpaired) electrons. The average Bonchev–Trinajstić information content (AvgIpc) is 1.88. The molecule has 0 aliphatic rings. The van der Waals surface area contributed by atoms with Crippen LogP contribution in [0.4, 0.5) is 4.79 Å². The normalized spacial score (nSPS) is 8.00. The number of rotatable bonds is 1. The first-order valence-corrected chi connectivity index (χ1v) is 2.73. The molecule has 0 saturated heterocycles. The maximum Gasteiger partial charge on any atom is 1.00 e. The second kappa shape index (κ2) is 4.84. The molecule has 0 heterocycles. The minimum Gasteiger partial charge on any atom is -0.514 e. The van der Waals surface area contributed by atoms with Gasteiger partial charge in [-0.05, 0) is 12.1 Å². The molecule has 11 heavy (non-hydrogen) atoms. The van der Waals surface area contributed by atoms with Crippen molar-refractivity contribution in [2.75, 3.05) is 0 Å². The molecule has 0 N–H and O–H groups in total. The van der Waals surface area contributed by atoms with Gasteiger partial charge in [-0.25, -0.2) is 0 Å². The van der Waals surface area contributed by atoms with Crippen LogP contribution in [0.2, 0.25) is 0 Å². The maximum atomic E-state index is 9.84. The van der Waals surface area contributed by atoms with Gasteiger partial charge in [-0.3, -0.25) is 0 Å². The number of carbonyl (C=O) groups excluding carboxylic acids is 1. The van der Waals surface area contributed by atoms with Crippen LogP contribution in [0.25, 0.3) is 0 Å². The fraction of sp³-hybridized carbons (Fsp3) is 0. The van der Waals surface area contributed by atoms with Crippen LogP contribution in [0.3, 0.4) is 0 Å². The summed E-state index contributed by atoms with van der Waals surface area (Å²) in [5.41, 5.74) is 0. The van der Waals surface area contributed by atoms with Gasteiger partial charge in [0.2, 0.25) is 0 Å². The maximum absolute atomic E-state index is 9.84. The van der Waals surface area contributed by atoms with Crippen LogP contribution < -0.4 is 28.7 Å². The third kappa shape index (κ3) is 3.71. The fourth-order valence-electron chi connectivity index (χ4n) is 0.585. The van der Waals surface area contributed by atoms with Gasteiger partial charge in [0, 0.05) is 0 Å². The number of carboxylic acid groups (broad SMARTS) is 1. The zero-order valence-electron chi connectivity index (χ0n) is 6.11. The monoisotopic (exact) mass is 144 g/mol. The SMILES string of the molecule is O=C([O-])Oc1ccccc1.[Li+]. The Bertz CT molecular complexity index is 222. The summed E-state index contributed by atoms with van der Waals surface area (Å²) in [6, 6.07) is 8.20. The van der Waals surface area contributed by atoms with Crippen molar-refractivity contribution in [2.24, 2.45) is 0 Å². The zero-order chi connectivity index (χ0) is 7.40. The van der Waals surface area contributed by atoms with Gasteiger partial charge in [-0.15, -0.1) is 0 Å². The molecular formula is C7H5LiO3. The summed E-state index contributed by atoms with van der Waals surface area (Å²) in [7, 11) is 0. The molecule has 1 rings (SSSR count). The van der Waals surface area contributed by atoms with E-state index in [4.69, 9.17) is 0 Å². The van der Waals surface area contributed by atoms with Crippen LogP contribution in [0.15, 0.2) is 30.3 Å². The van der Waals surface area contributed by atoms with Crippen LogP contribution >= 0.6 is 0 Å². The van der Waals surface area contributed by atoms with Crippen LogP contribution in [0, 0.1) is 0 Å². The summed E-state index contributed by atoms with van der Waals surface area (Å²) in [5.74, 6) is 0.280. The molecule has 0 spiro atoms. The molecule has 0 aromatic heterocycles. The summed E-state index contributed by atoms with van der Waals surface area (Å²) in [6.45, 7) is 0. The molecule has 0 bridgehead atoms. The van der Waals surface area contributed by atoms with Gasteiger partial charge in [0.05, 0.1) is 5.75 Å². The van der Waals surface area contributed by atoms with Gasteiger partial charge in [0.25, 0.3) is 6.16 Å². The van der Waals surface area contributed by atoms with E-state index in [0.717, 1.165) is 0 Å². The molecule has 0 amide bonds. The summed E-state index contributed by atoms with van der Waals surface area (Å²) < 4.78 is 4.22. The third-order valence-corrected chi connectivity index (χ3v) is 0.944. The van der Waals surface area contributed by atoms with Crippen molar-refractivity contribution in [3.05, 3.63) is 30.3 Å². The van der Waals surface area contributed by atoms with E-state index in [1.54, 1.807) is 18.2 Å². The predicted octanol–water partition coefficient (Wildman–Crippen LogP) is -2.59. The number of hydrogen-bond donors (Lipinski definition) is 0. The molecule has 0 saturated carbocycles. The summed E-state index contributed by atoms with van der Waals surface area (Å²) in [5, 5.41) is 9.84. The standard InChI is InChI=1S/C7H6O3.Li/c8-7(9)10-6-4-2-1-3-5-6;/h1-5H,(H,8,9);/q;+1/p-1. The van der Waals surface area contributed by atoms with E-state index in [-0.39, 0.29) is 24.6 Å². The van der Waals surface area contributed by atoms with E-state index in [1.807, 2.05) is 0 Å². The molecule has 1 aromatic rings. The van der Waals surface area contributed by atoms with Gasteiger partial charge in [-0.1, -0.05) is 18.2 Å². The first-order valence-electron chi connectivity index (χ1n) is 2.73. The summed E-state index contributed by atoms with van der Waals surface area (Å²) in [6.07, 6.45) is -1.54. The molecule has 52 valence electrons. The van der Waals surface area contributed by atoms with Crippen LogP contribution in [-0.2, 0) is 0 Å². The Morgan fingerprint density at radius 1 is 1.27 bits per heavy atom. The molecule has 3 nitrogen and oxygen atoms in total. The van der Waals surface area contributed by atoms with Gasteiger partial charge < -0.3 is 14.6 Å². The number of ether oxygens (including phenoxy) is 1. The Morgan fingerprint density at radius 3 is 2.27 bits per heavy atom. The smallest absolute Gasteiger partial charge is 0.514 e. The first-order chi connectivity index (χ1) is 4.79. The van der Waals surface area contributed by atoms with Gasteiger partial charge >= 0.3 is 18.9 Å². The molecule has 0 atom stereocenters. The van der Waals surface area contributed by atoms with Gasteiger partial charge in [0.1, 0.15) is 0 Å². The zero-order valence-corrected chi connectivity index (χ0v) is 6.11. The minimum atomic E-state index is -1.54. The van der Waals surface area contributed by atoms with E-state index in [2.05, 4.69) is 4.74 Å². The summed E-state index contributed by atoms with van der Waals surface area (Å²) in [4.78, 5) is 9.84. The second-order valence-corrected chi connectivity index (χ2v) is 1.67. The van der Waals surface area contributed by atoms with Crippen molar-refractivity contribution in [1.82, 2.24) is 0 Å². The Hall–Kier alpha value is -0.913. The molecule has 1 aromatic carbocycles. The number of carbonyl (C=O) groups is 1. The molecule has 0 fully saturated rings. The topological polar surface area (TPSA) is 49.4 Å². The van der Waals surface area contributed by atoms with Crippen molar-refractivity contribution in [1.29, 1.82) is 0 Å². The second-order valence-electron chi connectivity index (χ2n) is 1.67. The van der Waals surface area contributed by atoms with E-state index in [0.29, 0.717) is 0 Å². The Morgan fingerprint density at radius 2 is 1.82 bits per heavy atom. The molecule has 0 aliphatic heterocycles. The minimum absolute atomic E-state index is 0. The van der Waals surface area contributed by atoms with E-state index in [9.17, 15) is 9.90 Å². The van der Waals surface area contributed by atoms with Crippen molar-refractivity contribution in [2.45, 2.75) is 0 Å². The van der Waals surface area contributed by atoms with Crippen LogP contribution in [-0.4, -0.2) is 6.16 Å². The molecule has 0 aliphatic carbocycles. The molecule has 4 heteroatoms. The third-order valence-electron chi connectivity index (χ3n) is 0.944. The average molecular weight is 144 g/mol. The van der Waals surface area contributed by atoms with Crippen molar-refractivity contribution >= 4 is 6.16 Å². The number of hydrogen-bond acceptors (Lipinski definition) is 3. The molecular weight excluding hydrogens is 139 g/mol. The van der Waals surface area contributed by atoms with E-state index < -0.39 is 6.16 Å². The van der Waals surface area contributed by atoms with Crippen LogP contribution in [0.1, 0.15) is 0 Å². The Balaban J connectivity index is 0.000001000. The van der Waals surface area contributed by atoms with Gasteiger partial charge in [-0.2, -0.15) is 0 Å².